The second kappa shape index (κ2) is 10.9. The first-order valence-corrected chi connectivity index (χ1v) is 13.3. The molecule has 3 heterocycles. The van der Waals surface area contributed by atoms with Crippen LogP contribution in [0, 0.1) is 12.8 Å². The average molecular weight is 531 g/mol. The highest BCUT2D eigenvalue weighted by Gasteiger charge is 2.31. The maximum absolute atomic E-state index is 13.7. The van der Waals surface area contributed by atoms with Crippen molar-refractivity contribution < 1.29 is 23.8 Å². The smallest absolute Gasteiger partial charge is 0.227 e. The lowest BCUT2D eigenvalue weighted by atomic mass is 9.90. The van der Waals surface area contributed by atoms with Crippen molar-refractivity contribution in [2.75, 3.05) is 20.3 Å². The van der Waals surface area contributed by atoms with Gasteiger partial charge in [-0.2, -0.15) is 0 Å². The van der Waals surface area contributed by atoms with E-state index in [9.17, 15) is 14.7 Å². The Morgan fingerprint density at radius 1 is 1.15 bits per heavy atom. The molecule has 0 unspecified atom stereocenters. The highest BCUT2D eigenvalue weighted by molar-refractivity contribution is 5.86. The van der Waals surface area contributed by atoms with Crippen LogP contribution >= 0.6 is 0 Å². The number of carbonyl (C=O) groups is 1. The van der Waals surface area contributed by atoms with Crippen LogP contribution in [0.1, 0.15) is 54.5 Å². The number of hydrogen-bond donors (Lipinski definition) is 2. The standard InChI is InChI=1S/C31H34N2O6/c1-18(2)17-38-27-10-9-20(14-28(27)37-4)23(31-30(36)26(34)13-19(3)39-31)15-29(35)33-12-11-22-21-7-5-6-8-24(21)32-25(22)16-33/h5-10,13-14,18,23,32,36H,11-12,15-17H2,1-4H3/t23-/m1/s1. The lowest BCUT2D eigenvalue weighted by Gasteiger charge is -2.29. The van der Waals surface area contributed by atoms with Crippen LogP contribution in [0.25, 0.3) is 10.9 Å². The first-order chi connectivity index (χ1) is 18.7. The summed E-state index contributed by atoms with van der Waals surface area (Å²) in [5, 5.41) is 11.9. The molecule has 39 heavy (non-hydrogen) atoms. The van der Waals surface area contributed by atoms with E-state index in [4.69, 9.17) is 13.9 Å². The molecule has 2 aromatic heterocycles. The van der Waals surface area contributed by atoms with Crippen LogP contribution in [0.2, 0.25) is 0 Å². The predicted molar refractivity (Wildman–Crippen MR) is 149 cm³/mol. The third-order valence-electron chi connectivity index (χ3n) is 7.16. The van der Waals surface area contributed by atoms with Crippen LogP contribution in [-0.4, -0.2) is 41.2 Å². The Balaban J connectivity index is 1.47. The fraction of sp³-hybridized carbons (Fsp3) is 0.355. The summed E-state index contributed by atoms with van der Waals surface area (Å²) in [7, 11) is 1.55. The molecule has 0 bridgehead atoms. The van der Waals surface area contributed by atoms with Crippen LogP contribution in [0.3, 0.4) is 0 Å². The topological polar surface area (TPSA) is 105 Å². The molecule has 8 nitrogen and oxygen atoms in total. The van der Waals surface area contributed by atoms with Gasteiger partial charge in [-0.15, -0.1) is 0 Å². The third kappa shape index (κ3) is 5.37. The first-order valence-electron chi connectivity index (χ1n) is 13.3. The number of aromatic amines is 1. The maximum atomic E-state index is 13.7. The quantitative estimate of drug-likeness (QED) is 0.321. The number of rotatable bonds is 8. The summed E-state index contributed by atoms with van der Waals surface area (Å²) in [6.45, 7) is 7.33. The molecule has 1 aliphatic rings. The Morgan fingerprint density at radius 2 is 1.95 bits per heavy atom. The molecular weight excluding hydrogens is 496 g/mol. The Hall–Kier alpha value is -4.20. The number of nitrogens with zero attached hydrogens (tertiary/aromatic N) is 1. The van der Waals surface area contributed by atoms with Gasteiger partial charge in [0.25, 0.3) is 0 Å². The Kier molecular flexibility index (Phi) is 7.37. The first kappa shape index (κ1) is 26.4. The molecule has 0 aliphatic carbocycles. The van der Waals surface area contributed by atoms with Gasteiger partial charge in [0.15, 0.2) is 17.3 Å². The average Bonchev–Trinajstić information content (AvgIpc) is 3.30. The van der Waals surface area contributed by atoms with Crippen LogP contribution in [0.5, 0.6) is 17.2 Å². The van der Waals surface area contributed by atoms with E-state index >= 15 is 0 Å². The number of H-pyrrole nitrogens is 1. The van der Waals surface area contributed by atoms with E-state index in [2.05, 4.69) is 24.9 Å². The van der Waals surface area contributed by atoms with E-state index in [0.29, 0.717) is 48.4 Å². The number of hydrogen-bond acceptors (Lipinski definition) is 6. The van der Waals surface area contributed by atoms with Gasteiger partial charge in [0.05, 0.1) is 26.2 Å². The van der Waals surface area contributed by atoms with Gasteiger partial charge in [0, 0.05) is 35.6 Å². The zero-order valence-corrected chi connectivity index (χ0v) is 22.7. The van der Waals surface area contributed by atoms with Crippen molar-refractivity contribution in [3.05, 3.63) is 87.1 Å². The van der Waals surface area contributed by atoms with E-state index in [1.165, 1.54) is 17.0 Å². The van der Waals surface area contributed by atoms with Crippen LogP contribution < -0.4 is 14.9 Å². The van der Waals surface area contributed by atoms with E-state index < -0.39 is 17.1 Å². The summed E-state index contributed by atoms with van der Waals surface area (Å²) in [6, 6.07) is 14.8. The molecule has 204 valence electrons. The molecule has 1 atom stereocenters. The van der Waals surface area contributed by atoms with Crippen LogP contribution in [0.4, 0.5) is 0 Å². The van der Waals surface area contributed by atoms with E-state index in [1.54, 1.807) is 26.2 Å². The second-order valence-electron chi connectivity index (χ2n) is 10.5. The van der Waals surface area contributed by atoms with Crippen molar-refractivity contribution in [1.29, 1.82) is 0 Å². The molecule has 8 heteroatoms. The van der Waals surface area contributed by atoms with Gasteiger partial charge in [-0.25, -0.2) is 0 Å². The second-order valence-corrected chi connectivity index (χ2v) is 10.5. The molecule has 4 aromatic rings. The molecule has 0 fully saturated rings. The number of ether oxygens (including phenoxy) is 2. The summed E-state index contributed by atoms with van der Waals surface area (Å²) < 4.78 is 17.4. The Bertz CT molecular complexity index is 1570. The van der Waals surface area contributed by atoms with Crippen LogP contribution in [-0.2, 0) is 17.8 Å². The van der Waals surface area contributed by atoms with Crippen molar-refractivity contribution in [2.24, 2.45) is 5.92 Å². The minimum Gasteiger partial charge on any atom is -0.502 e. The van der Waals surface area contributed by atoms with Crippen molar-refractivity contribution in [2.45, 2.75) is 46.1 Å². The summed E-state index contributed by atoms with van der Waals surface area (Å²) >= 11 is 0. The van der Waals surface area contributed by atoms with Gasteiger partial charge in [0.2, 0.25) is 17.1 Å². The molecular formula is C31H34N2O6. The largest absolute Gasteiger partial charge is 0.502 e. The third-order valence-corrected chi connectivity index (χ3v) is 7.16. The number of aromatic nitrogens is 1. The Morgan fingerprint density at radius 3 is 2.72 bits per heavy atom. The maximum Gasteiger partial charge on any atom is 0.227 e. The molecule has 2 aromatic carbocycles. The fourth-order valence-corrected chi connectivity index (χ4v) is 5.21. The summed E-state index contributed by atoms with van der Waals surface area (Å²) in [5.74, 6) is 0.534. The van der Waals surface area contributed by atoms with Gasteiger partial charge in [-0.1, -0.05) is 38.1 Å². The molecule has 5 rings (SSSR count). The normalized spacial score (nSPS) is 13.9. The van der Waals surface area contributed by atoms with Gasteiger partial charge in [-0.05, 0) is 48.6 Å². The predicted octanol–water partition coefficient (Wildman–Crippen LogP) is 5.29. The molecule has 0 saturated heterocycles. The number of benzene rings is 2. The molecule has 0 saturated carbocycles. The summed E-state index contributed by atoms with van der Waals surface area (Å²) in [6.07, 6.45) is 0.751. The highest BCUT2D eigenvalue weighted by atomic mass is 16.5. The molecule has 1 aliphatic heterocycles. The van der Waals surface area contributed by atoms with E-state index in [0.717, 1.165) is 17.6 Å². The number of carbonyl (C=O) groups excluding carboxylic acids is 1. The molecule has 0 spiro atoms. The van der Waals surface area contributed by atoms with Gasteiger partial charge >= 0.3 is 0 Å². The molecule has 1 amide bonds. The number of methoxy groups -OCH3 is 1. The Labute approximate surface area is 227 Å². The lowest BCUT2D eigenvalue weighted by Crippen LogP contribution is -2.36. The monoisotopic (exact) mass is 530 g/mol. The van der Waals surface area contributed by atoms with Crippen LogP contribution in [0.15, 0.2) is 57.7 Å². The van der Waals surface area contributed by atoms with Gasteiger partial charge < -0.3 is 28.9 Å². The van der Waals surface area contributed by atoms with E-state index in [1.807, 2.05) is 29.2 Å². The molecule has 2 N–H and O–H groups in total. The van der Waals surface area contributed by atoms with E-state index in [-0.39, 0.29) is 18.1 Å². The number of nitrogens with one attached hydrogen (secondary N) is 1. The number of aromatic hydroxyl groups is 1. The summed E-state index contributed by atoms with van der Waals surface area (Å²) in [4.78, 5) is 31.5. The number of fused-ring (bicyclic) bond motifs is 3. The van der Waals surface area contributed by atoms with Crippen molar-refractivity contribution >= 4 is 16.8 Å². The lowest BCUT2D eigenvalue weighted by molar-refractivity contribution is -0.132. The highest BCUT2D eigenvalue weighted by Crippen LogP contribution is 2.38. The van der Waals surface area contributed by atoms with Gasteiger partial charge in [-0.3, -0.25) is 9.59 Å². The minimum absolute atomic E-state index is 0.00483. The number of para-hydroxylation sites is 1. The molecule has 0 radical (unpaired) electrons. The van der Waals surface area contributed by atoms with Crippen molar-refractivity contribution in [1.82, 2.24) is 9.88 Å². The van der Waals surface area contributed by atoms with Gasteiger partial charge in [0.1, 0.15) is 5.76 Å². The number of aryl methyl sites for hydroxylation is 1. The van der Waals surface area contributed by atoms with Crippen molar-refractivity contribution in [3.63, 3.8) is 0 Å². The number of amides is 1. The zero-order valence-electron chi connectivity index (χ0n) is 22.7. The SMILES string of the molecule is COc1cc([C@@H](CC(=O)N2CCc3c([nH]c4ccccc34)C2)c2oc(C)cc(=O)c2O)ccc1OCC(C)C. The fourth-order valence-electron chi connectivity index (χ4n) is 5.21. The minimum atomic E-state index is -0.706. The summed E-state index contributed by atoms with van der Waals surface area (Å²) in [5.41, 5.74) is 3.47. The zero-order chi connectivity index (χ0) is 27.7. The van der Waals surface area contributed by atoms with Crippen molar-refractivity contribution in [3.8, 4) is 17.2 Å².